The van der Waals surface area contributed by atoms with Gasteiger partial charge in [-0.1, -0.05) is 42.1 Å². The number of carbonyl (C=O) groups is 1. The van der Waals surface area contributed by atoms with Crippen LogP contribution in [-0.4, -0.2) is 39.2 Å². The van der Waals surface area contributed by atoms with Crippen LogP contribution in [0.5, 0.6) is 0 Å². The van der Waals surface area contributed by atoms with Crippen molar-refractivity contribution in [2.45, 2.75) is 11.7 Å². The van der Waals surface area contributed by atoms with Crippen molar-refractivity contribution in [1.29, 1.82) is 0 Å². The van der Waals surface area contributed by atoms with Crippen LogP contribution < -0.4 is 11.0 Å². The minimum atomic E-state index is -0.208. The Labute approximate surface area is 179 Å². The maximum atomic E-state index is 13.2. The predicted molar refractivity (Wildman–Crippen MR) is 118 cm³/mol. The summed E-state index contributed by atoms with van der Waals surface area (Å²) in [6.45, 7) is 0.605. The number of benzene rings is 2. The zero-order valence-electron chi connectivity index (χ0n) is 14.7. The highest BCUT2D eigenvalue weighted by atomic mass is 127. The molecule has 4 rings (SSSR count). The summed E-state index contributed by atoms with van der Waals surface area (Å²) in [4.78, 5) is 32.9. The quantitative estimate of drug-likeness (QED) is 0.326. The van der Waals surface area contributed by atoms with Crippen molar-refractivity contribution in [3.05, 3.63) is 68.0 Å². The predicted octanol–water partition coefficient (Wildman–Crippen LogP) is 2.47. The number of thioether (sulfide) groups is 1. The number of aromatic nitrogens is 2. The van der Waals surface area contributed by atoms with Gasteiger partial charge in [-0.05, 0) is 46.4 Å². The molecule has 7 nitrogen and oxygen atoms in total. The van der Waals surface area contributed by atoms with Crippen LogP contribution in [0.25, 0.3) is 10.9 Å². The third kappa shape index (κ3) is 4.26. The standard InChI is InChI=1S/C19H16IN5O2S/c20-14-6-7-16-15(8-14)18(27)25(10-13-4-2-1-3-5-13)19(23-16)28-12-24-11-21-17(26)9-22-24/h1-8,11,22H,9-10,12H2. The molecule has 0 unspecified atom stereocenters. The molecule has 1 N–H and O–H groups in total. The van der Waals surface area contributed by atoms with E-state index in [1.165, 1.54) is 18.1 Å². The second-order valence-electron chi connectivity index (χ2n) is 6.15. The van der Waals surface area contributed by atoms with E-state index in [0.717, 1.165) is 9.13 Å². The van der Waals surface area contributed by atoms with E-state index in [1.807, 2.05) is 48.5 Å². The number of hydrazine groups is 1. The summed E-state index contributed by atoms with van der Waals surface area (Å²) in [6, 6.07) is 15.5. The normalized spacial score (nSPS) is 14.0. The number of halogens is 1. The molecule has 0 saturated heterocycles. The van der Waals surface area contributed by atoms with Crippen molar-refractivity contribution >= 4 is 57.5 Å². The number of hydrogen-bond acceptors (Lipinski definition) is 6. The first-order valence-electron chi connectivity index (χ1n) is 8.54. The van der Waals surface area contributed by atoms with Gasteiger partial charge in [0.15, 0.2) is 5.16 Å². The maximum absolute atomic E-state index is 13.2. The molecule has 1 aliphatic rings. The number of nitrogens with zero attached hydrogens (tertiary/aromatic N) is 4. The van der Waals surface area contributed by atoms with Crippen LogP contribution in [-0.2, 0) is 11.3 Å². The monoisotopic (exact) mass is 505 g/mol. The molecule has 3 aromatic rings. The first kappa shape index (κ1) is 19.1. The lowest BCUT2D eigenvalue weighted by atomic mass is 10.2. The molecule has 0 bridgehead atoms. The van der Waals surface area contributed by atoms with E-state index >= 15 is 0 Å². The van der Waals surface area contributed by atoms with Gasteiger partial charge in [0.05, 0.1) is 29.9 Å². The average Bonchev–Trinajstić information content (AvgIpc) is 2.71. The molecule has 1 aromatic heterocycles. The highest BCUT2D eigenvalue weighted by molar-refractivity contribution is 14.1. The van der Waals surface area contributed by atoms with Crippen LogP contribution in [0.15, 0.2) is 63.5 Å². The molecule has 9 heteroatoms. The zero-order valence-corrected chi connectivity index (χ0v) is 17.7. The number of fused-ring (bicyclic) bond motifs is 1. The Balaban J connectivity index is 1.71. The van der Waals surface area contributed by atoms with Gasteiger partial charge >= 0.3 is 0 Å². The first-order valence-corrected chi connectivity index (χ1v) is 10.6. The van der Waals surface area contributed by atoms with E-state index in [2.05, 4.69) is 33.0 Å². The zero-order chi connectivity index (χ0) is 19.5. The fraction of sp³-hybridized carbons (Fsp3) is 0.158. The van der Waals surface area contributed by atoms with Gasteiger partial charge in [-0.15, -0.1) is 0 Å². The third-order valence-corrected chi connectivity index (χ3v) is 5.82. The topological polar surface area (TPSA) is 79.6 Å². The Hall–Kier alpha value is -2.24. The van der Waals surface area contributed by atoms with Crippen molar-refractivity contribution in [3.63, 3.8) is 0 Å². The molecular formula is C19H16IN5O2S. The summed E-state index contributed by atoms with van der Waals surface area (Å²) in [5.41, 5.74) is 4.60. The molecule has 0 atom stereocenters. The van der Waals surface area contributed by atoms with Gasteiger partial charge in [0.1, 0.15) is 6.34 Å². The van der Waals surface area contributed by atoms with Gasteiger partial charge in [-0.25, -0.2) is 15.4 Å². The third-order valence-electron chi connectivity index (χ3n) is 4.17. The van der Waals surface area contributed by atoms with E-state index in [0.29, 0.717) is 28.5 Å². The van der Waals surface area contributed by atoms with Gasteiger partial charge in [0.2, 0.25) is 0 Å². The Morgan fingerprint density at radius 2 is 1.96 bits per heavy atom. The fourth-order valence-corrected chi connectivity index (χ4v) is 4.15. The number of aliphatic imine (C=N–C) groups is 1. The van der Waals surface area contributed by atoms with Crippen molar-refractivity contribution in [1.82, 2.24) is 20.0 Å². The number of rotatable bonds is 5. The minimum absolute atomic E-state index is 0.0645. The van der Waals surface area contributed by atoms with Crippen LogP contribution in [0, 0.1) is 3.57 Å². The van der Waals surface area contributed by atoms with E-state index in [1.54, 1.807) is 9.58 Å². The molecule has 0 saturated carbocycles. The van der Waals surface area contributed by atoms with E-state index in [9.17, 15) is 9.59 Å². The fourth-order valence-electron chi connectivity index (χ4n) is 2.78. The van der Waals surface area contributed by atoms with Gasteiger partial charge in [-0.2, -0.15) is 0 Å². The Bertz CT molecular complexity index is 1120. The van der Waals surface area contributed by atoms with Crippen LogP contribution >= 0.6 is 34.4 Å². The van der Waals surface area contributed by atoms with Crippen LogP contribution in [0.2, 0.25) is 0 Å². The smallest absolute Gasteiger partial charge is 0.262 e. The Kier molecular flexibility index (Phi) is 5.74. The van der Waals surface area contributed by atoms with Gasteiger partial charge in [-0.3, -0.25) is 19.2 Å². The molecule has 0 radical (unpaired) electrons. The molecule has 0 aliphatic carbocycles. The lowest BCUT2D eigenvalue weighted by molar-refractivity contribution is -0.118. The molecule has 0 fully saturated rings. The van der Waals surface area contributed by atoms with Crippen molar-refractivity contribution in [2.24, 2.45) is 4.99 Å². The highest BCUT2D eigenvalue weighted by Crippen LogP contribution is 2.21. The van der Waals surface area contributed by atoms with Crippen LogP contribution in [0.3, 0.4) is 0 Å². The first-order chi connectivity index (χ1) is 13.6. The second kappa shape index (κ2) is 8.41. The van der Waals surface area contributed by atoms with E-state index in [-0.39, 0.29) is 18.0 Å². The molecular weight excluding hydrogens is 489 g/mol. The van der Waals surface area contributed by atoms with Crippen LogP contribution in [0.4, 0.5) is 0 Å². The molecule has 28 heavy (non-hydrogen) atoms. The SMILES string of the molecule is O=C1CNN(CSc2nc3ccc(I)cc3c(=O)n2Cc2ccccc2)C=N1. The number of nitrogens with one attached hydrogen (secondary N) is 1. The second-order valence-corrected chi connectivity index (χ2v) is 8.31. The van der Waals surface area contributed by atoms with Crippen molar-refractivity contribution in [3.8, 4) is 0 Å². The van der Waals surface area contributed by atoms with Crippen molar-refractivity contribution < 1.29 is 4.79 Å². The number of carbonyl (C=O) groups excluding carboxylic acids is 1. The minimum Gasteiger partial charge on any atom is -0.287 e. The number of amides is 1. The molecule has 2 aromatic carbocycles. The average molecular weight is 505 g/mol. The summed E-state index contributed by atoms with van der Waals surface area (Å²) in [7, 11) is 0. The maximum Gasteiger partial charge on any atom is 0.262 e. The summed E-state index contributed by atoms with van der Waals surface area (Å²) < 4.78 is 2.69. The van der Waals surface area contributed by atoms with Gasteiger partial charge < -0.3 is 0 Å². The largest absolute Gasteiger partial charge is 0.287 e. The van der Waals surface area contributed by atoms with Crippen molar-refractivity contribution in [2.75, 3.05) is 12.4 Å². The Morgan fingerprint density at radius 3 is 2.71 bits per heavy atom. The molecule has 1 aliphatic heterocycles. The summed E-state index contributed by atoms with van der Waals surface area (Å²) >= 11 is 3.62. The molecule has 1 amide bonds. The highest BCUT2D eigenvalue weighted by Gasteiger charge is 2.15. The van der Waals surface area contributed by atoms with E-state index < -0.39 is 0 Å². The lowest BCUT2D eigenvalue weighted by Gasteiger charge is -2.22. The van der Waals surface area contributed by atoms with Crippen LogP contribution in [0.1, 0.15) is 5.56 Å². The van der Waals surface area contributed by atoms with Gasteiger partial charge in [0.25, 0.3) is 11.5 Å². The summed E-state index contributed by atoms with van der Waals surface area (Å²) in [5.74, 6) is 0.258. The summed E-state index contributed by atoms with van der Waals surface area (Å²) in [5, 5.41) is 2.94. The molecule has 2 heterocycles. The van der Waals surface area contributed by atoms with Gasteiger partial charge in [0, 0.05) is 3.57 Å². The summed E-state index contributed by atoms with van der Waals surface area (Å²) in [6.07, 6.45) is 1.46. The Morgan fingerprint density at radius 1 is 1.14 bits per heavy atom. The lowest BCUT2D eigenvalue weighted by Crippen LogP contribution is -2.43. The number of hydrogen-bond donors (Lipinski definition) is 1. The molecule has 142 valence electrons. The van der Waals surface area contributed by atoms with E-state index in [4.69, 9.17) is 4.98 Å². The molecule has 0 spiro atoms.